The molecule has 2 fully saturated rings. The van der Waals surface area contributed by atoms with Crippen molar-refractivity contribution < 1.29 is 9.53 Å². The van der Waals surface area contributed by atoms with E-state index in [0.29, 0.717) is 6.61 Å². The molecule has 1 aromatic carbocycles. The third kappa shape index (κ3) is 2.97. The van der Waals surface area contributed by atoms with Gasteiger partial charge in [0.2, 0.25) is 5.91 Å². The Labute approximate surface area is 126 Å². The lowest BCUT2D eigenvalue weighted by molar-refractivity contribution is -0.129. The molecule has 114 valence electrons. The molecule has 4 nitrogen and oxygen atoms in total. The van der Waals surface area contributed by atoms with Gasteiger partial charge in [-0.1, -0.05) is 24.3 Å². The number of carbonyl (C=O) groups is 1. The molecule has 0 radical (unpaired) electrons. The fourth-order valence-electron chi connectivity index (χ4n) is 3.25. The fourth-order valence-corrected chi connectivity index (χ4v) is 3.25. The molecule has 1 aromatic rings. The minimum atomic E-state index is -0.230. The van der Waals surface area contributed by atoms with Gasteiger partial charge in [0.15, 0.2) is 0 Å². The molecule has 2 aliphatic rings. The highest BCUT2D eigenvalue weighted by Crippen LogP contribution is 2.48. The van der Waals surface area contributed by atoms with Gasteiger partial charge >= 0.3 is 0 Å². The number of hydrogen-bond acceptors (Lipinski definition) is 3. The average Bonchev–Trinajstić information content (AvgIpc) is 3.27. The van der Waals surface area contributed by atoms with Gasteiger partial charge in [-0.3, -0.25) is 4.79 Å². The first-order valence-electron chi connectivity index (χ1n) is 7.81. The van der Waals surface area contributed by atoms with E-state index in [1.807, 2.05) is 6.92 Å². The predicted molar refractivity (Wildman–Crippen MR) is 82.3 cm³/mol. The highest BCUT2D eigenvalue weighted by molar-refractivity contribution is 5.82. The third-order valence-corrected chi connectivity index (χ3v) is 4.77. The zero-order valence-electron chi connectivity index (χ0n) is 12.8. The van der Waals surface area contributed by atoms with E-state index < -0.39 is 0 Å². The van der Waals surface area contributed by atoms with Crippen molar-refractivity contribution in [2.75, 3.05) is 19.7 Å². The number of aryl methyl sites for hydroxylation is 1. The van der Waals surface area contributed by atoms with Gasteiger partial charge in [-0.25, -0.2) is 0 Å². The van der Waals surface area contributed by atoms with E-state index in [0.717, 1.165) is 25.9 Å². The molecule has 1 heterocycles. The summed E-state index contributed by atoms with van der Waals surface area (Å²) in [7, 11) is 0. The molecular weight excluding hydrogens is 264 g/mol. The molecule has 2 N–H and O–H groups in total. The Morgan fingerprint density at radius 1 is 1.43 bits per heavy atom. The molecule has 0 spiro atoms. The maximum Gasteiger partial charge on any atom is 0.239 e. The van der Waals surface area contributed by atoms with Crippen molar-refractivity contribution in [2.45, 2.75) is 44.2 Å². The minimum absolute atomic E-state index is 0.0575. The summed E-state index contributed by atoms with van der Waals surface area (Å²) in [5.74, 6) is 0.0575. The van der Waals surface area contributed by atoms with Crippen LogP contribution in [0.2, 0.25) is 0 Å². The van der Waals surface area contributed by atoms with Crippen LogP contribution in [0, 0.1) is 6.92 Å². The zero-order valence-corrected chi connectivity index (χ0v) is 12.8. The number of ether oxygens (including phenoxy) is 1. The summed E-state index contributed by atoms with van der Waals surface area (Å²) in [6.07, 6.45) is 2.25. The molecule has 3 rings (SSSR count). The fraction of sp³-hybridized carbons (Fsp3) is 0.588. The van der Waals surface area contributed by atoms with Crippen molar-refractivity contribution in [1.29, 1.82) is 0 Å². The van der Waals surface area contributed by atoms with Crippen LogP contribution in [0.5, 0.6) is 0 Å². The molecule has 2 atom stereocenters. The minimum Gasteiger partial charge on any atom is -0.375 e. The van der Waals surface area contributed by atoms with Crippen molar-refractivity contribution in [3.63, 3.8) is 0 Å². The molecule has 1 aliphatic carbocycles. The molecule has 1 aliphatic heterocycles. The average molecular weight is 288 g/mol. The second-order valence-corrected chi connectivity index (χ2v) is 6.32. The lowest BCUT2D eigenvalue weighted by Crippen LogP contribution is -2.56. The van der Waals surface area contributed by atoms with Gasteiger partial charge in [-0.15, -0.1) is 0 Å². The van der Waals surface area contributed by atoms with Crippen LogP contribution in [0.25, 0.3) is 0 Å². The van der Waals surface area contributed by atoms with E-state index in [4.69, 9.17) is 4.74 Å². The second-order valence-electron chi connectivity index (χ2n) is 6.32. The van der Waals surface area contributed by atoms with Crippen LogP contribution in [-0.4, -0.2) is 37.7 Å². The summed E-state index contributed by atoms with van der Waals surface area (Å²) in [5.41, 5.74) is 2.85. The maximum atomic E-state index is 12.3. The molecule has 21 heavy (non-hydrogen) atoms. The van der Waals surface area contributed by atoms with Gasteiger partial charge in [-0.05, 0) is 37.8 Å². The van der Waals surface area contributed by atoms with Crippen molar-refractivity contribution in [3.05, 3.63) is 35.4 Å². The number of nitrogens with one attached hydrogen (secondary N) is 2. The van der Waals surface area contributed by atoms with Gasteiger partial charge in [0.05, 0.1) is 12.7 Å². The Morgan fingerprint density at radius 2 is 2.19 bits per heavy atom. The quantitative estimate of drug-likeness (QED) is 0.883. The van der Waals surface area contributed by atoms with E-state index in [2.05, 4.69) is 41.8 Å². The van der Waals surface area contributed by atoms with Crippen molar-refractivity contribution >= 4 is 5.91 Å². The van der Waals surface area contributed by atoms with E-state index in [1.54, 1.807) is 0 Å². The number of amides is 1. The van der Waals surface area contributed by atoms with Gasteiger partial charge in [0.25, 0.3) is 0 Å². The Bertz CT molecular complexity index is 525. The lowest BCUT2D eigenvalue weighted by atomic mass is 9.91. The van der Waals surface area contributed by atoms with Crippen LogP contribution in [0.15, 0.2) is 24.3 Å². The van der Waals surface area contributed by atoms with Crippen molar-refractivity contribution in [1.82, 2.24) is 10.6 Å². The smallest absolute Gasteiger partial charge is 0.239 e. The van der Waals surface area contributed by atoms with Crippen LogP contribution in [-0.2, 0) is 14.9 Å². The highest BCUT2D eigenvalue weighted by Gasteiger charge is 2.45. The number of morpholine rings is 1. The summed E-state index contributed by atoms with van der Waals surface area (Å²) in [6, 6.07) is 8.27. The van der Waals surface area contributed by atoms with E-state index >= 15 is 0 Å². The molecule has 1 saturated carbocycles. The summed E-state index contributed by atoms with van der Waals surface area (Å²) >= 11 is 0. The Morgan fingerprint density at radius 3 is 2.86 bits per heavy atom. The summed E-state index contributed by atoms with van der Waals surface area (Å²) in [6.45, 7) is 6.24. The molecule has 0 unspecified atom stereocenters. The second kappa shape index (κ2) is 5.78. The van der Waals surface area contributed by atoms with Gasteiger partial charge < -0.3 is 15.4 Å². The molecule has 1 amide bonds. The van der Waals surface area contributed by atoms with E-state index in [9.17, 15) is 4.79 Å². The molecule has 4 heteroatoms. The molecule has 1 saturated heterocycles. The Balaban J connectivity index is 1.62. The first kappa shape index (κ1) is 14.5. The summed E-state index contributed by atoms with van der Waals surface area (Å²) in [5, 5.41) is 6.37. The predicted octanol–water partition coefficient (Wildman–Crippen LogP) is 1.52. The topological polar surface area (TPSA) is 50.4 Å². The number of carbonyl (C=O) groups excluding carboxylic acids is 1. The van der Waals surface area contributed by atoms with E-state index in [-0.39, 0.29) is 23.5 Å². The van der Waals surface area contributed by atoms with E-state index in [1.165, 1.54) is 11.1 Å². The largest absolute Gasteiger partial charge is 0.375 e. The molecule has 0 bridgehead atoms. The first-order valence-corrected chi connectivity index (χ1v) is 7.81. The standard InChI is InChI=1S/C17H24N2O2/c1-12-5-3-4-6-14(12)17(7-8-17)11-19-16(20)15-13(2)21-10-9-18-15/h3-6,13,15,18H,7-11H2,1-2H3,(H,19,20)/t13-,15+/m1/s1. The molecule has 0 aromatic heterocycles. The summed E-state index contributed by atoms with van der Waals surface area (Å²) in [4.78, 5) is 12.3. The zero-order chi connectivity index (χ0) is 14.9. The van der Waals surface area contributed by atoms with Crippen LogP contribution in [0.4, 0.5) is 0 Å². The van der Waals surface area contributed by atoms with Crippen LogP contribution in [0.3, 0.4) is 0 Å². The lowest BCUT2D eigenvalue weighted by Gasteiger charge is -2.30. The molecular formula is C17H24N2O2. The highest BCUT2D eigenvalue weighted by atomic mass is 16.5. The van der Waals surface area contributed by atoms with Gasteiger partial charge in [0, 0.05) is 18.5 Å². The van der Waals surface area contributed by atoms with Crippen LogP contribution in [0.1, 0.15) is 30.9 Å². The Hall–Kier alpha value is -1.39. The van der Waals surface area contributed by atoms with Gasteiger partial charge in [-0.2, -0.15) is 0 Å². The summed E-state index contributed by atoms with van der Waals surface area (Å²) < 4.78 is 5.54. The first-order chi connectivity index (χ1) is 10.1. The number of hydrogen-bond donors (Lipinski definition) is 2. The van der Waals surface area contributed by atoms with Crippen molar-refractivity contribution in [2.24, 2.45) is 0 Å². The van der Waals surface area contributed by atoms with Crippen LogP contribution < -0.4 is 10.6 Å². The number of benzene rings is 1. The SMILES string of the molecule is Cc1ccccc1C1(CNC(=O)[C@H]2NCCO[C@@H]2C)CC1. The monoisotopic (exact) mass is 288 g/mol. The third-order valence-electron chi connectivity index (χ3n) is 4.77. The normalized spacial score (nSPS) is 27.1. The van der Waals surface area contributed by atoms with Crippen molar-refractivity contribution in [3.8, 4) is 0 Å². The maximum absolute atomic E-state index is 12.3. The Kier molecular flexibility index (Phi) is 4.00. The van der Waals surface area contributed by atoms with Gasteiger partial charge in [0.1, 0.15) is 6.04 Å². The number of rotatable bonds is 4. The van der Waals surface area contributed by atoms with Crippen LogP contribution >= 0.6 is 0 Å².